The van der Waals surface area contributed by atoms with Crippen LogP contribution in [0.4, 0.5) is 17.2 Å². The van der Waals surface area contributed by atoms with Gasteiger partial charge in [-0.05, 0) is 36.4 Å². The van der Waals surface area contributed by atoms with E-state index in [0.29, 0.717) is 30.4 Å². The van der Waals surface area contributed by atoms with Gasteiger partial charge in [0.25, 0.3) is 5.91 Å². The van der Waals surface area contributed by atoms with E-state index in [1.165, 1.54) is 11.3 Å². The molecule has 3 aromatic heterocycles. The lowest BCUT2D eigenvalue weighted by atomic mass is 10.1. The summed E-state index contributed by atoms with van der Waals surface area (Å²) in [6.45, 7) is 1.29. The number of benzene rings is 3. The first kappa shape index (κ1) is 27.7. The molecule has 0 bridgehead atoms. The van der Waals surface area contributed by atoms with E-state index in [-0.39, 0.29) is 24.0 Å². The van der Waals surface area contributed by atoms with Crippen LogP contribution in [0.25, 0.3) is 32.3 Å². The Balaban J connectivity index is 0.00000337. The summed E-state index contributed by atoms with van der Waals surface area (Å²) < 4.78 is 0. The molecular formula is C31H26ClN7OS. The Labute approximate surface area is 247 Å². The molecular weight excluding hydrogens is 554 g/mol. The second-order valence-corrected chi connectivity index (χ2v) is 9.87. The molecule has 3 aromatic carbocycles. The third-order valence-electron chi connectivity index (χ3n) is 6.10. The molecule has 0 spiro atoms. The number of para-hydroxylation sites is 2. The summed E-state index contributed by atoms with van der Waals surface area (Å²) in [5.41, 5.74) is 4.41. The van der Waals surface area contributed by atoms with Crippen molar-refractivity contribution in [1.29, 1.82) is 0 Å². The number of fused-ring (bicyclic) bond motifs is 1. The van der Waals surface area contributed by atoms with Gasteiger partial charge in [-0.3, -0.25) is 4.79 Å². The van der Waals surface area contributed by atoms with E-state index in [1.54, 1.807) is 12.3 Å². The first-order chi connectivity index (χ1) is 19.7. The normalized spacial score (nSPS) is 10.5. The highest BCUT2D eigenvalue weighted by atomic mass is 35.5. The van der Waals surface area contributed by atoms with Crippen LogP contribution in [0.5, 0.6) is 0 Å². The number of nitrogens with one attached hydrogen (secondary N) is 3. The first-order valence-electron chi connectivity index (χ1n) is 12.8. The van der Waals surface area contributed by atoms with Gasteiger partial charge in [-0.25, -0.2) is 19.9 Å². The van der Waals surface area contributed by atoms with Gasteiger partial charge in [0.15, 0.2) is 5.82 Å². The van der Waals surface area contributed by atoms with Crippen LogP contribution in [0.2, 0.25) is 0 Å². The summed E-state index contributed by atoms with van der Waals surface area (Å²) in [4.78, 5) is 32.8. The number of anilines is 3. The van der Waals surface area contributed by atoms with Crippen LogP contribution in [0.1, 0.15) is 10.5 Å². The van der Waals surface area contributed by atoms with Gasteiger partial charge in [0, 0.05) is 42.2 Å². The Bertz CT molecular complexity index is 1730. The monoisotopic (exact) mass is 579 g/mol. The zero-order chi connectivity index (χ0) is 27.1. The van der Waals surface area contributed by atoms with Crippen LogP contribution in [-0.2, 0) is 0 Å². The lowest BCUT2D eigenvalue weighted by Gasteiger charge is -2.13. The van der Waals surface area contributed by atoms with Gasteiger partial charge in [-0.2, -0.15) is 0 Å². The second kappa shape index (κ2) is 13.0. The first-order valence-corrected chi connectivity index (χ1v) is 13.6. The van der Waals surface area contributed by atoms with E-state index in [9.17, 15) is 4.79 Å². The molecule has 6 aromatic rings. The SMILES string of the molecule is Cl.O=C(Nc1ccccc1-c1nc2cccnc2s1)c1cc(NCCNc2ccccc2)nc(-c2ccccc2)n1. The number of aromatic nitrogens is 4. The molecule has 0 aliphatic rings. The number of hydrogen-bond donors (Lipinski definition) is 3. The lowest BCUT2D eigenvalue weighted by molar-refractivity contribution is 0.102. The predicted octanol–water partition coefficient (Wildman–Crippen LogP) is 7.01. The summed E-state index contributed by atoms with van der Waals surface area (Å²) in [5.74, 6) is 0.702. The van der Waals surface area contributed by atoms with Gasteiger partial charge in [0.1, 0.15) is 26.9 Å². The van der Waals surface area contributed by atoms with Crippen molar-refractivity contribution in [3.05, 3.63) is 115 Å². The van der Waals surface area contributed by atoms with Crippen molar-refractivity contribution in [2.24, 2.45) is 0 Å². The van der Waals surface area contributed by atoms with Gasteiger partial charge in [-0.15, -0.1) is 12.4 Å². The molecule has 10 heteroatoms. The van der Waals surface area contributed by atoms with Gasteiger partial charge >= 0.3 is 0 Å². The highest BCUT2D eigenvalue weighted by molar-refractivity contribution is 7.21. The topological polar surface area (TPSA) is 105 Å². The Morgan fingerprint density at radius 3 is 2.29 bits per heavy atom. The molecule has 0 radical (unpaired) electrons. The van der Waals surface area contributed by atoms with Crippen LogP contribution in [0.15, 0.2) is 109 Å². The second-order valence-electron chi connectivity index (χ2n) is 8.89. The van der Waals surface area contributed by atoms with Crippen LogP contribution in [-0.4, -0.2) is 38.9 Å². The average Bonchev–Trinajstić information content (AvgIpc) is 3.45. The summed E-state index contributed by atoms with van der Waals surface area (Å²) >= 11 is 1.48. The summed E-state index contributed by atoms with van der Waals surface area (Å²) in [7, 11) is 0. The van der Waals surface area contributed by atoms with Gasteiger partial charge in [0.05, 0.1) is 5.69 Å². The number of thiazole rings is 1. The fraction of sp³-hybridized carbons (Fsp3) is 0.0645. The minimum Gasteiger partial charge on any atom is -0.383 e. The number of carbonyl (C=O) groups is 1. The zero-order valence-corrected chi connectivity index (χ0v) is 23.5. The summed E-state index contributed by atoms with van der Waals surface area (Å²) in [6.07, 6.45) is 1.75. The Hall–Kier alpha value is -4.86. The molecule has 0 saturated carbocycles. The third kappa shape index (κ3) is 6.66. The highest BCUT2D eigenvalue weighted by Gasteiger charge is 2.17. The zero-order valence-electron chi connectivity index (χ0n) is 21.8. The number of rotatable bonds is 9. The van der Waals surface area contributed by atoms with Gasteiger partial charge in [0.2, 0.25) is 0 Å². The van der Waals surface area contributed by atoms with E-state index < -0.39 is 0 Å². The molecule has 6 rings (SSSR count). The van der Waals surface area contributed by atoms with Crippen LogP contribution < -0.4 is 16.0 Å². The lowest BCUT2D eigenvalue weighted by Crippen LogP contribution is -2.18. The highest BCUT2D eigenvalue weighted by Crippen LogP contribution is 2.34. The maximum absolute atomic E-state index is 13.5. The fourth-order valence-corrected chi connectivity index (χ4v) is 5.12. The number of hydrogen-bond acceptors (Lipinski definition) is 8. The van der Waals surface area contributed by atoms with Crippen LogP contribution >= 0.6 is 23.7 Å². The number of carbonyl (C=O) groups excluding carboxylic acids is 1. The Kier molecular flexibility index (Phi) is 8.78. The van der Waals surface area contributed by atoms with Crippen molar-refractivity contribution >= 4 is 57.2 Å². The number of halogens is 1. The quantitative estimate of drug-likeness (QED) is 0.158. The number of amides is 1. The molecule has 41 heavy (non-hydrogen) atoms. The molecule has 0 fully saturated rings. The number of pyridine rings is 1. The van der Waals surface area contributed by atoms with E-state index >= 15 is 0 Å². The molecule has 1 amide bonds. The molecule has 3 heterocycles. The smallest absolute Gasteiger partial charge is 0.274 e. The molecule has 204 valence electrons. The van der Waals surface area contributed by atoms with Crippen molar-refractivity contribution in [2.45, 2.75) is 0 Å². The molecule has 0 unspecified atom stereocenters. The van der Waals surface area contributed by atoms with Crippen molar-refractivity contribution in [3.63, 3.8) is 0 Å². The standard InChI is InChI=1S/C31H25N7OS.ClH/c39-29(36-24-15-8-7-14-23(24)30-37-25-16-9-17-34-31(25)40-30)26-20-27(33-19-18-32-22-12-5-2-6-13-22)38-28(35-26)21-10-3-1-4-11-21;/h1-17,20,32H,18-19H2,(H,36,39)(H,33,35,38);1H. The van der Waals surface area contributed by atoms with Crippen LogP contribution in [0, 0.1) is 0 Å². The van der Waals surface area contributed by atoms with Crippen LogP contribution in [0.3, 0.4) is 0 Å². The predicted molar refractivity (Wildman–Crippen MR) is 169 cm³/mol. The van der Waals surface area contributed by atoms with Gasteiger partial charge < -0.3 is 16.0 Å². The van der Waals surface area contributed by atoms with Crippen molar-refractivity contribution in [1.82, 2.24) is 19.9 Å². The third-order valence-corrected chi connectivity index (χ3v) is 7.11. The Morgan fingerprint density at radius 2 is 1.49 bits per heavy atom. The molecule has 3 N–H and O–H groups in total. The molecule has 0 aliphatic carbocycles. The molecule has 0 atom stereocenters. The fourth-order valence-electron chi connectivity index (χ4n) is 4.17. The average molecular weight is 580 g/mol. The maximum atomic E-state index is 13.5. The summed E-state index contributed by atoms with van der Waals surface area (Å²) in [5, 5.41) is 10.5. The van der Waals surface area contributed by atoms with Gasteiger partial charge in [-0.1, -0.05) is 72.0 Å². The minimum absolute atomic E-state index is 0. The largest absolute Gasteiger partial charge is 0.383 e. The van der Waals surface area contributed by atoms with Crippen molar-refractivity contribution in [2.75, 3.05) is 29.0 Å². The van der Waals surface area contributed by atoms with Crippen molar-refractivity contribution in [3.8, 4) is 22.0 Å². The molecule has 8 nitrogen and oxygen atoms in total. The van der Waals surface area contributed by atoms with E-state index in [2.05, 4.69) is 30.9 Å². The molecule has 0 saturated heterocycles. The van der Waals surface area contributed by atoms with Crippen molar-refractivity contribution < 1.29 is 4.79 Å². The maximum Gasteiger partial charge on any atom is 0.274 e. The molecule has 0 aliphatic heterocycles. The Morgan fingerprint density at radius 1 is 0.756 bits per heavy atom. The minimum atomic E-state index is -0.336. The van der Waals surface area contributed by atoms with E-state index in [0.717, 1.165) is 32.2 Å². The summed E-state index contributed by atoms with van der Waals surface area (Å²) in [6, 6.07) is 32.7. The number of nitrogens with zero attached hydrogens (tertiary/aromatic N) is 4. The van der Waals surface area contributed by atoms with E-state index in [4.69, 9.17) is 4.98 Å². The van der Waals surface area contributed by atoms with E-state index in [1.807, 2.05) is 97.1 Å².